The van der Waals surface area contributed by atoms with Crippen LogP contribution >= 0.6 is 0 Å². The fourth-order valence-electron chi connectivity index (χ4n) is 0.864. The Morgan fingerprint density at radius 1 is 1.58 bits per heavy atom. The lowest BCUT2D eigenvalue weighted by atomic mass is 9.93. The molecule has 1 rings (SSSR count). The summed E-state index contributed by atoms with van der Waals surface area (Å²) in [6, 6.07) is 0. The highest BCUT2D eigenvalue weighted by Gasteiger charge is 2.32. The van der Waals surface area contributed by atoms with Crippen molar-refractivity contribution in [2.75, 3.05) is 6.61 Å². The van der Waals surface area contributed by atoms with Crippen LogP contribution in [0.5, 0.6) is 0 Å². The standard InChI is InChI=1S/C9H16O3/c1-9(2,6-10)8(11)12-7-4-3-5-7/h7,10H,3-6H2,1-2H3. The molecule has 1 fully saturated rings. The predicted molar refractivity (Wildman–Crippen MR) is 44.6 cm³/mol. The first-order valence-electron chi connectivity index (χ1n) is 4.38. The maximum absolute atomic E-state index is 11.3. The third-order valence-electron chi connectivity index (χ3n) is 2.27. The zero-order valence-electron chi connectivity index (χ0n) is 7.67. The Kier molecular flexibility index (Phi) is 2.73. The van der Waals surface area contributed by atoms with Crippen molar-refractivity contribution in [1.29, 1.82) is 0 Å². The van der Waals surface area contributed by atoms with Crippen LogP contribution in [0.4, 0.5) is 0 Å². The largest absolute Gasteiger partial charge is 0.462 e. The highest BCUT2D eigenvalue weighted by atomic mass is 16.5. The SMILES string of the molecule is CC(C)(CO)C(=O)OC1CCC1. The molecule has 1 N–H and O–H groups in total. The number of carbonyl (C=O) groups excluding carboxylic acids is 1. The van der Waals surface area contributed by atoms with E-state index >= 15 is 0 Å². The van der Waals surface area contributed by atoms with E-state index in [4.69, 9.17) is 9.84 Å². The molecule has 1 saturated carbocycles. The van der Waals surface area contributed by atoms with Crippen molar-refractivity contribution in [3.63, 3.8) is 0 Å². The lowest BCUT2D eigenvalue weighted by Gasteiger charge is -2.29. The molecule has 0 atom stereocenters. The minimum Gasteiger partial charge on any atom is -0.462 e. The van der Waals surface area contributed by atoms with Crippen molar-refractivity contribution in [3.05, 3.63) is 0 Å². The van der Waals surface area contributed by atoms with Gasteiger partial charge in [0.15, 0.2) is 0 Å². The summed E-state index contributed by atoms with van der Waals surface area (Å²) in [5.41, 5.74) is -0.740. The first-order chi connectivity index (χ1) is 5.56. The second-order valence-corrected chi connectivity index (χ2v) is 4.00. The lowest BCUT2D eigenvalue weighted by molar-refractivity contribution is -0.165. The van der Waals surface area contributed by atoms with E-state index in [0.717, 1.165) is 19.3 Å². The Morgan fingerprint density at radius 2 is 2.17 bits per heavy atom. The molecule has 0 aromatic rings. The summed E-state index contributed by atoms with van der Waals surface area (Å²) in [5, 5.41) is 8.87. The van der Waals surface area contributed by atoms with Crippen molar-refractivity contribution in [1.82, 2.24) is 0 Å². The molecule has 3 nitrogen and oxygen atoms in total. The molecular formula is C9H16O3. The van der Waals surface area contributed by atoms with Gasteiger partial charge in [-0.2, -0.15) is 0 Å². The third-order valence-corrected chi connectivity index (χ3v) is 2.27. The quantitative estimate of drug-likeness (QED) is 0.648. The highest BCUT2D eigenvalue weighted by Crippen LogP contribution is 2.25. The molecule has 1 aliphatic rings. The van der Waals surface area contributed by atoms with Gasteiger partial charge in [0.1, 0.15) is 6.10 Å². The highest BCUT2D eigenvalue weighted by molar-refractivity contribution is 5.76. The Hall–Kier alpha value is -0.570. The summed E-state index contributed by atoms with van der Waals surface area (Å²) in [4.78, 5) is 11.3. The first kappa shape index (κ1) is 9.52. The monoisotopic (exact) mass is 172 g/mol. The molecule has 70 valence electrons. The Morgan fingerprint density at radius 3 is 2.50 bits per heavy atom. The van der Waals surface area contributed by atoms with Crippen molar-refractivity contribution in [2.24, 2.45) is 5.41 Å². The van der Waals surface area contributed by atoms with Crippen LogP contribution in [0.3, 0.4) is 0 Å². The molecule has 0 aromatic heterocycles. The van der Waals surface area contributed by atoms with Crippen molar-refractivity contribution >= 4 is 5.97 Å². The number of hydrogen-bond acceptors (Lipinski definition) is 3. The lowest BCUT2D eigenvalue weighted by Crippen LogP contribution is -2.35. The summed E-state index contributed by atoms with van der Waals surface area (Å²) >= 11 is 0. The Bertz CT molecular complexity index is 171. The number of rotatable bonds is 3. The van der Waals surface area contributed by atoms with E-state index in [-0.39, 0.29) is 18.7 Å². The molecular weight excluding hydrogens is 156 g/mol. The topological polar surface area (TPSA) is 46.5 Å². The predicted octanol–water partition coefficient (Wildman–Crippen LogP) is 1.10. The average Bonchev–Trinajstić information content (AvgIpc) is 1.96. The molecule has 0 unspecified atom stereocenters. The van der Waals surface area contributed by atoms with Crippen LogP contribution in [0.15, 0.2) is 0 Å². The van der Waals surface area contributed by atoms with Gasteiger partial charge in [0.2, 0.25) is 0 Å². The van der Waals surface area contributed by atoms with Gasteiger partial charge < -0.3 is 9.84 Å². The van der Waals surface area contributed by atoms with E-state index in [0.29, 0.717) is 0 Å². The van der Waals surface area contributed by atoms with Gasteiger partial charge in [-0.05, 0) is 33.1 Å². The van der Waals surface area contributed by atoms with E-state index in [1.807, 2.05) is 0 Å². The molecule has 1 aliphatic carbocycles. The van der Waals surface area contributed by atoms with Gasteiger partial charge in [-0.25, -0.2) is 0 Å². The molecule has 0 heterocycles. The molecule has 0 amide bonds. The molecule has 0 aromatic carbocycles. The minimum atomic E-state index is -0.740. The van der Waals surface area contributed by atoms with Crippen LogP contribution in [0.1, 0.15) is 33.1 Å². The van der Waals surface area contributed by atoms with E-state index in [1.54, 1.807) is 13.8 Å². The van der Waals surface area contributed by atoms with Gasteiger partial charge in [0.05, 0.1) is 12.0 Å². The summed E-state index contributed by atoms with van der Waals surface area (Å²) in [6.07, 6.45) is 3.22. The number of aliphatic hydroxyl groups is 1. The fraction of sp³-hybridized carbons (Fsp3) is 0.889. The molecule has 0 aliphatic heterocycles. The van der Waals surface area contributed by atoms with Crippen LogP contribution < -0.4 is 0 Å². The number of ether oxygens (including phenoxy) is 1. The Labute approximate surface area is 72.7 Å². The van der Waals surface area contributed by atoms with Crippen molar-refractivity contribution in [3.8, 4) is 0 Å². The average molecular weight is 172 g/mol. The van der Waals surface area contributed by atoms with Gasteiger partial charge in [0.25, 0.3) is 0 Å². The normalized spacial score (nSPS) is 18.6. The number of carbonyl (C=O) groups is 1. The number of esters is 1. The molecule has 0 spiro atoms. The van der Waals surface area contributed by atoms with E-state index in [1.165, 1.54) is 0 Å². The second kappa shape index (κ2) is 3.44. The summed E-state index contributed by atoms with van der Waals surface area (Å²) in [6.45, 7) is 3.22. The van der Waals surface area contributed by atoms with E-state index in [2.05, 4.69) is 0 Å². The van der Waals surface area contributed by atoms with Gasteiger partial charge in [0, 0.05) is 0 Å². The van der Waals surface area contributed by atoms with Crippen LogP contribution in [0.25, 0.3) is 0 Å². The van der Waals surface area contributed by atoms with Gasteiger partial charge in [-0.1, -0.05) is 0 Å². The smallest absolute Gasteiger partial charge is 0.314 e. The number of aliphatic hydroxyl groups excluding tert-OH is 1. The zero-order valence-corrected chi connectivity index (χ0v) is 7.67. The molecule has 0 saturated heterocycles. The third kappa shape index (κ3) is 1.97. The van der Waals surface area contributed by atoms with Crippen LogP contribution in [0.2, 0.25) is 0 Å². The zero-order chi connectivity index (χ0) is 9.19. The van der Waals surface area contributed by atoms with Gasteiger partial charge >= 0.3 is 5.97 Å². The molecule has 12 heavy (non-hydrogen) atoms. The van der Waals surface area contributed by atoms with Crippen LogP contribution in [0, 0.1) is 5.41 Å². The van der Waals surface area contributed by atoms with Gasteiger partial charge in [-0.15, -0.1) is 0 Å². The molecule has 0 radical (unpaired) electrons. The minimum absolute atomic E-state index is 0.114. The summed E-state index contributed by atoms with van der Waals surface area (Å²) in [5.74, 6) is -0.283. The summed E-state index contributed by atoms with van der Waals surface area (Å²) in [7, 11) is 0. The second-order valence-electron chi connectivity index (χ2n) is 4.00. The van der Waals surface area contributed by atoms with E-state index < -0.39 is 5.41 Å². The molecule has 0 bridgehead atoms. The van der Waals surface area contributed by atoms with Crippen LogP contribution in [-0.2, 0) is 9.53 Å². The van der Waals surface area contributed by atoms with Crippen LogP contribution in [-0.4, -0.2) is 23.8 Å². The van der Waals surface area contributed by atoms with Gasteiger partial charge in [-0.3, -0.25) is 4.79 Å². The first-order valence-corrected chi connectivity index (χ1v) is 4.38. The maximum atomic E-state index is 11.3. The molecule has 3 heteroatoms. The maximum Gasteiger partial charge on any atom is 0.314 e. The fourth-order valence-corrected chi connectivity index (χ4v) is 0.864. The van der Waals surface area contributed by atoms with E-state index in [9.17, 15) is 4.79 Å². The van der Waals surface area contributed by atoms with Crippen molar-refractivity contribution in [2.45, 2.75) is 39.2 Å². The Balaban J connectivity index is 2.35. The van der Waals surface area contributed by atoms with Crippen molar-refractivity contribution < 1.29 is 14.6 Å². The summed E-state index contributed by atoms with van der Waals surface area (Å²) < 4.78 is 5.14. The number of hydrogen-bond donors (Lipinski definition) is 1.